The molecule has 0 atom stereocenters. The van der Waals surface area contributed by atoms with Gasteiger partial charge in [-0.15, -0.1) is 0 Å². The fourth-order valence-corrected chi connectivity index (χ4v) is 3.02. The number of rotatable bonds is 7. The molecule has 0 spiro atoms. The molecule has 2 aromatic carbocycles. The summed E-state index contributed by atoms with van der Waals surface area (Å²) in [6.45, 7) is -0.442. The molecular formula is C22H19N3O5. The maximum atomic E-state index is 10.7. The number of anilines is 1. The lowest BCUT2D eigenvalue weighted by molar-refractivity contribution is -0.139. The summed E-state index contributed by atoms with van der Waals surface area (Å²) in [6, 6.07) is 15.9. The third-order valence-corrected chi connectivity index (χ3v) is 4.37. The summed E-state index contributed by atoms with van der Waals surface area (Å²) in [4.78, 5) is 15.0. The molecule has 0 aliphatic rings. The number of aromatic nitrogens is 1. The number of pyridine rings is 1. The van der Waals surface area contributed by atoms with Crippen LogP contribution >= 0.6 is 0 Å². The van der Waals surface area contributed by atoms with Crippen molar-refractivity contribution in [1.29, 1.82) is 5.26 Å². The van der Waals surface area contributed by atoms with Crippen molar-refractivity contribution in [2.45, 2.75) is 0 Å². The van der Waals surface area contributed by atoms with Gasteiger partial charge in [-0.1, -0.05) is 18.2 Å². The summed E-state index contributed by atoms with van der Waals surface area (Å²) in [5.41, 5.74) is 8.69. The first-order valence-corrected chi connectivity index (χ1v) is 8.85. The van der Waals surface area contributed by atoms with Gasteiger partial charge in [0.1, 0.15) is 34.7 Å². The number of hydrogen-bond donors (Lipinski definition) is 2. The van der Waals surface area contributed by atoms with Crippen molar-refractivity contribution in [2.24, 2.45) is 0 Å². The Bertz CT molecular complexity index is 1100. The number of hydrogen-bond acceptors (Lipinski definition) is 7. The lowest BCUT2D eigenvalue weighted by Gasteiger charge is -2.15. The van der Waals surface area contributed by atoms with E-state index in [9.17, 15) is 10.1 Å². The summed E-state index contributed by atoms with van der Waals surface area (Å²) in [5, 5.41) is 18.3. The number of carboxylic acid groups (broad SMARTS) is 1. The van der Waals surface area contributed by atoms with Crippen LogP contribution in [-0.2, 0) is 4.79 Å². The van der Waals surface area contributed by atoms with E-state index in [-0.39, 0.29) is 11.4 Å². The third-order valence-electron chi connectivity index (χ3n) is 4.37. The Balaban J connectivity index is 2.12. The highest BCUT2D eigenvalue weighted by Gasteiger charge is 2.19. The van der Waals surface area contributed by atoms with Crippen molar-refractivity contribution in [3.63, 3.8) is 0 Å². The van der Waals surface area contributed by atoms with E-state index in [1.165, 1.54) is 0 Å². The third kappa shape index (κ3) is 4.10. The number of nitrogen functional groups attached to an aromatic ring is 1. The van der Waals surface area contributed by atoms with Crippen molar-refractivity contribution in [3.05, 3.63) is 54.1 Å². The number of nitriles is 1. The van der Waals surface area contributed by atoms with Gasteiger partial charge >= 0.3 is 5.97 Å². The van der Waals surface area contributed by atoms with Crippen LogP contribution in [0.3, 0.4) is 0 Å². The first-order valence-electron chi connectivity index (χ1n) is 8.85. The Morgan fingerprint density at radius 3 is 2.30 bits per heavy atom. The number of nitrogens with two attached hydrogens (primary N) is 1. The fraction of sp³-hybridized carbons (Fsp3) is 0.136. The molecule has 0 aliphatic carbocycles. The quantitative estimate of drug-likeness (QED) is 0.612. The highest BCUT2D eigenvalue weighted by molar-refractivity contribution is 5.83. The molecule has 0 bridgehead atoms. The molecule has 3 aromatic rings. The first-order chi connectivity index (χ1) is 14.5. The number of carboxylic acids is 1. The standard InChI is InChI=1S/C22H19N3O5/c1-28-18-4-3-5-19(29-2)21(18)17-10-15(16(11-23)22(24)25-17)13-6-8-14(9-7-13)30-12-20(26)27/h3-10H,12H2,1-2H3,(H2,24,25)(H,26,27). The van der Waals surface area contributed by atoms with Crippen LogP contribution in [0, 0.1) is 11.3 Å². The molecule has 3 N–H and O–H groups in total. The van der Waals surface area contributed by atoms with Gasteiger partial charge in [0, 0.05) is 5.56 Å². The second-order valence-electron chi connectivity index (χ2n) is 6.17. The van der Waals surface area contributed by atoms with Gasteiger partial charge in [0.15, 0.2) is 6.61 Å². The molecule has 152 valence electrons. The van der Waals surface area contributed by atoms with Gasteiger partial charge in [0.05, 0.1) is 25.5 Å². The first kappa shape index (κ1) is 20.5. The monoisotopic (exact) mass is 405 g/mol. The summed E-state index contributed by atoms with van der Waals surface area (Å²) < 4.78 is 16.1. The molecule has 3 rings (SSSR count). The smallest absolute Gasteiger partial charge is 0.341 e. The normalized spacial score (nSPS) is 10.2. The Hall–Kier alpha value is -4.25. The van der Waals surface area contributed by atoms with Crippen molar-refractivity contribution < 1.29 is 24.1 Å². The zero-order valence-corrected chi connectivity index (χ0v) is 16.4. The predicted octanol–water partition coefficient (Wildman–Crippen LogP) is 3.35. The molecule has 0 saturated heterocycles. The molecule has 30 heavy (non-hydrogen) atoms. The van der Waals surface area contributed by atoms with Crippen molar-refractivity contribution in [3.8, 4) is 45.7 Å². The Morgan fingerprint density at radius 1 is 1.13 bits per heavy atom. The van der Waals surface area contributed by atoms with Gasteiger partial charge in [-0.25, -0.2) is 9.78 Å². The Morgan fingerprint density at radius 2 is 1.77 bits per heavy atom. The molecule has 0 amide bonds. The molecule has 1 heterocycles. The molecule has 0 fully saturated rings. The van der Waals surface area contributed by atoms with E-state index >= 15 is 0 Å². The average Bonchev–Trinajstić information content (AvgIpc) is 2.76. The summed E-state index contributed by atoms with van der Waals surface area (Å²) in [5.74, 6) is 0.504. The fourth-order valence-electron chi connectivity index (χ4n) is 3.02. The highest BCUT2D eigenvalue weighted by Crippen LogP contribution is 2.40. The van der Waals surface area contributed by atoms with Crippen LogP contribution in [0.2, 0.25) is 0 Å². The van der Waals surface area contributed by atoms with Gasteiger partial charge in [-0.3, -0.25) is 0 Å². The van der Waals surface area contributed by atoms with E-state index in [4.69, 9.17) is 25.1 Å². The lowest BCUT2D eigenvalue weighted by Crippen LogP contribution is -2.09. The van der Waals surface area contributed by atoms with Gasteiger partial charge in [0.2, 0.25) is 0 Å². The maximum absolute atomic E-state index is 10.7. The SMILES string of the molecule is COc1cccc(OC)c1-c1cc(-c2ccc(OCC(=O)O)cc2)c(C#N)c(N)n1. The predicted molar refractivity (Wildman–Crippen MR) is 110 cm³/mol. The summed E-state index contributed by atoms with van der Waals surface area (Å²) in [6.07, 6.45) is 0. The largest absolute Gasteiger partial charge is 0.496 e. The van der Waals surface area contributed by atoms with E-state index < -0.39 is 12.6 Å². The van der Waals surface area contributed by atoms with E-state index in [0.717, 1.165) is 0 Å². The van der Waals surface area contributed by atoms with Crippen molar-refractivity contribution >= 4 is 11.8 Å². The Kier molecular flexibility index (Phi) is 6.03. The molecule has 0 saturated carbocycles. The highest BCUT2D eigenvalue weighted by atomic mass is 16.5. The maximum Gasteiger partial charge on any atom is 0.341 e. The number of carbonyl (C=O) groups is 1. The van der Waals surface area contributed by atoms with E-state index in [0.29, 0.717) is 39.6 Å². The minimum atomic E-state index is -1.07. The molecule has 0 unspecified atom stereocenters. The van der Waals surface area contributed by atoms with E-state index in [1.807, 2.05) is 0 Å². The van der Waals surface area contributed by atoms with Crippen LogP contribution in [0.5, 0.6) is 17.2 Å². The average molecular weight is 405 g/mol. The summed E-state index contributed by atoms with van der Waals surface area (Å²) in [7, 11) is 3.09. The number of ether oxygens (including phenoxy) is 3. The van der Waals surface area contributed by atoms with Crippen molar-refractivity contribution in [1.82, 2.24) is 4.98 Å². The lowest BCUT2D eigenvalue weighted by atomic mass is 9.97. The molecule has 8 heteroatoms. The molecular weight excluding hydrogens is 386 g/mol. The van der Waals surface area contributed by atoms with Gasteiger partial charge in [-0.2, -0.15) is 5.26 Å². The van der Waals surface area contributed by atoms with Crippen LogP contribution in [-0.4, -0.2) is 36.9 Å². The number of aliphatic carboxylic acids is 1. The van der Waals surface area contributed by atoms with Crippen LogP contribution in [0.25, 0.3) is 22.4 Å². The van der Waals surface area contributed by atoms with Gasteiger partial charge < -0.3 is 25.1 Å². The van der Waals surface area contributed by atoms with Gasteiger partial charge in [0.25, 0.3) is 0 Å². The second-order valence-corrected chi connectivity index (χ2v) is 6.17. The number of benzene rings is 2. The van der Waals surface area contributed by atoms with Crippen LogP contribution in [0.4, 0.5) is 5.82 Å². The van der Waals surface area contributed by atoms with Crippen molar-refractivity contribution in [2.75, 3.05) is 26.6 Å². The van der Waals surface area contributed by atoms with Crippen LogP contribution in [0.1, 0.15) is 5.56 Å². The topological polar surface area (TPSA) is 128 Å². The number of methoxy groups -OCH3 is 2. The minimum absolute atomic E-state index is 0.0733. The van der Waals surface area contributed by atoms with Crippen LogP contribution in [0.15, 0.2) is 48.5 Å². The Labute approximate surface area is 173 Å². The summed E-state index contributed by atoms with van der Waals surface area (Å²) >= 11 is 0. The zero-order valence-electron chi connectivity index (χ0n) is 16.4. The molecule has 0 aliphatic heterocycles. The van der Waals surface area contributed by atoms with Crippen LogP contribution < -0.4 is 19.9 Å². The molecule has 8 nitrogen and oxygen atoms in total. The second kappa shape index (κ2) is 8.84. The zero-order chi connectivity index (χ0) is 21.7. The molecule has 0 radical (unpaired) electrons. The molecule has 1 aromatic heterocycles. The van der Waals surface area contributed by atoms with E-state index in [1.54, 1.807) is 62.8 Å². The number of nitrogens with zero attached hydrogens (tertiary/aromatic N) is 2. The minimum Gasteiger partial charge on any atom is -0.496 e. The van der Waals surface area contributed by atoms with E-state index in [2.05, 4.69) is 11.1 Å². The van der Waals surface area contributed by atoms with Gasteiger partial charge in [-0.05, 0) is 35.9 Å².